The molecule has 2 rings (SSSR count). The normalized spacial score (nSPS) is 15.3. The fraction of sp³-hybridized carbons (Fsp3) is 0.632. The number of hydrogen-bond acceptors (Lipinski definition) is 5. The maximum atomic E-state index is 12.3. The van der Waals surface area contributed by atoms with Crippen molar-refractivity contribution in [1.82, 2.24) is 10.2 Å². The Morgan fingerprint density at radius 1 is 1.26 bits per heavy atom. The van der Waals surface area contributed by atoms with Gasteiger partial charge in [0.15, 0.2) is 0 Å². The number of nitrogens with one attached hydrogen (secondary N) is 1. The molecule has 0 bridgehead atoms. The second kappa shape index (κ2) is 10.5. The summed E-state index contributed by atoms with van der Waals surface area (Å²) in [5, 5.41) is 2.83. The Kier molecular flexibility index (Phi) is 8.37. The van der Waals surface area contributed by atoms with Gasteiger partial charge in [0.2, 0.25) is 15.9 Å². The van der Waals surface area contributed by atoms with Gasteiger partial charge in [0.05, 0.1) is 18.6 Å². The molecule has 7 nitrogen and oxygen atoms in total. The van der Waals surface area contributed by atoms with E-state index in [2.05, 4.69) is 10.2 Å². The molecule has 0 aromatic heterocycles. The molecule has 0 saturated carbocycles. The van der Waals surface area contributed by atoms with E-state index >= 15 is 0 Å². The number of rotatable bonds is 10. The van der Waals surface area contributed by atoms with E-state index in [0.717, 1.165) is 36.6 Å². The molecule has 1 heterocycles. The fourth-order valence-electron chi connectivity index (χ4n) is 3.19. The summed E-state index contributed by atoms with van der Waals surface area (Å²) < 4.78 is 30.9. The van der Waals surface area contributed by atoms with Gasteiger partial charge in [-0.25, -0.2) is 8.42 Å². The molecule has 152 valence electrons. The van der Waals surface area contributed by atoms with E-state index in [-0.39, 0.29) is 12.5 Å². The minimum Gasteiger partial charge on any atom is -0.494 e. The number of ether oxygens (including phenoxy) is 1. The Hall–Kier alpha value is -1.80. The van der Waals surface area contributed by atoms with Crippen molar-refractivity contribution in [3.8, 4) is 5.75 Å². The summed E-state index contributed by atoms with van der Waals surface area (Å²) in [4.78, 5) is 14.7. The second-order valence-electron chi connectivity index (χ2n) is 6.81. The first kappa shape index (κ1) is 21.5. The van der Waals surface area contributed by atoms with Crippen LogP contribution in [0.25, 0.3) is 0 Å². The molecule has 0 radical (unpaired) electrons. The van der Waals surface area contributed by atoms with E-state index in [1.165, 1.54) is 19.3 Å². The molecule has 0 atom stereocenters. The molecule has 0 aliphatic carbocycles. The van der Waals surface area contributed by atoms with Crippen molar-refractivity contribution in [1.29, 1.82) is 0 Å². The molecule has 1 aliphatic rings. The van der Waals surface area contributed by atoms with Crippen molar-refractivity contribution in [2.75, 3.05) is 49.9 Å². The van der Waals surface area contributed by atoms with Gasteiger partial charge in [-0.15, -0.1) is 0 Å². The lowest BCUT2D eigenvalue weighted by molar-refractivity contribution is -0.119. The number of benzene rings is 1. The SMILES string of the molecule is CCOc1cccc(N(CC(=O)NCCCN2CCCCC2)S(C)(=O)=O)c1. The molecule has 1 saturated heterocycles. The van der Waals surface area contributed by atoms with E-state index in [9.17, 15) is 13.2 Å². The lowest BCUT2D eigenvalue weighted by Crippen LogP contribution is -2.41. The third-order valence-electron chi connectivity index (χ3n) is 4.53. The summed E-state index contributed by atoms with van der Waals surface area (Å²) in [7, 11) is -3.58. The van der Waals surface area contributed by atoms with Crippen LogP contribution in [0.15, 0.2) is 24.3 Å². The van der Waals surface area contributed by atoms with Crippen LogP contribution >= 0.6 is 0 Å². The smallest absolute Gasteiger partial charge is 0.240 e. The number of carbonyl (C=O) groups is 1. The monoisotopic (exact) mass is 397 g/mol. The van der Waals surface area contributed by atoms with Gasteiger partial charge in [-0.05, 0) is 58.0 Å². The van der Waals surface area contributed by atoms with E-state index in [1.54, 1.807) is 24.3 Å². The van der Waals surface area contributed by atoms with E-state index in [1.807, 2.05) is 6.92 Å². The van der Waals surface area contributed by atoms with Crippen LogP contribution < -0.4 is 14.4 Å². The molecule has 0 unspecified atom stereocenters. The number of sulfonamides is 1. The third kappa shape index (κ3) is 7.38. The molecular formula is C19H31N3O4S. The second-order valence-corrected chi connectivity index (χ2v) is 8.71. The minimum atomic E-state index is -3.58. The summed E-state index contributed by atoms with van der Waals surface area (Å²) in [6.07, 6.45) is 5.76. The molecule has 1 aromatic carbocycles. The van der Waals surface area contributed by atoms with Crippen LogP contribution in [0.1, 0.15) is 32.6 Å². The Labute approximate surface area is 162 Å². The van der Waals surface area contributed by atoms with Crippen LogP contribution in [-0.4, -0.2) is 64.8 Å². The highest BCUT2D eigenvalue weighted by Gasteiger charge is 2.21. The standard InChI is InChI=1S/C19H31N3O4S/c1-3-26-18-10-7-9-17(15-18)22(27(2,24)25)16-19(23)20-11-8-14-21-12-5-4-6-13-21/h7,9-10,15H,3-6,8,11-14,16H2,1-2H3,(H,20,23). The lowest BCUT2D eigenvalue weighted by Gasteiger charge is -2.26. The summed E-state index contributed by atoms with van der Waals surface area (Å²) >= 11 is 0. The van der Waals surface area contributed by atoms with Crippen LogP contribution in [0.4, 0.5) is 5.69 Å². The molecule has 1 N–H and O–H groups in total. The maximum absolute atomic E-state index is 12.3. The highest BCUT2D eigenvalue weighted by atomic mass is 32.2. The van der Waals surface area contributed by atoms with Crippen LogP contribution in [0.3, 0.4) is 0 Å². The Morgan fingerprint density at radius 2 is 2.00 bits per heavy atom. The van der Waals surface area contributed by atoms with E-state index < -0.39 is 10.0 Å². The Balaban J connectivity index is 1.88. The molecule has 8 heteroatoms. The van der Waals surface area contributed by atoms with Gasteiger partial charge >= 0.3 is 0 Å². The Bertz CT molecular complexity index is 703. The first-order chi connectivity index (χ1) is 12.9. The molecule has 1 fully saturated rings. The number of hydrogen-bond donors (Lipinski definition) is 1. The van der Waals surface area contributed by atoms with Gasteiger partial charge in [0.25, 0.3) is 0 Å². The summed E-state index contributed by atoms with van der Waals surface area (Å²) in [6.45, 7) is 5.88. The average molecular weight is 398 g/mol. The molecule has 1 amide bonds. The number of likely N-dealkylation sites (tertiary alicyclic amines) is 1. The number of anilines is 1. The first-order valence-corrected chi connectivity index (χ1v) is 11.4. The molecule has 27 heavy (non-hydrogen) atoms. The zero-order valence-corrected chi connectivity index (χ0v) is 17.1. The minimum absolute atomic E-state index is 0.238. The van der Waals surface area contributed by atoms with E-state index in [4.69, 9.17) is 4.74 Å². The van der Waals surface area contributed by atoms with Crippen LogP contribution in [0, 0.1) is 0 Å². The largest absolute Gasteiger partial charge is 0.494 e. The Morgan fingerprint density at radius 3 is 2.67 bits per heavy atom. The predicted molar refractivity (Wildman–Crippen MR) is 108 cm³/mol. The fourth-order valence-corrected chi connectivity index (χ4v) is 4.04. The zero-order valence-electron chi connectivity index (χ0n) is 16.3. The highest BCUT2D eigenvalue weighted by Crippen LogP contribution is 2.23. The molecule has 1 aromatic rings. The number of nitrogens with zero attached hydrogens (tertiary/aromatic N) is 2. The summed E-state index contributed by atoms with van der Waals surface area (Å²) in [5.41, 5.74) is 0.423. The van der Waals surface area contributed by atoms with Gasteiger partial charge in [-0.1, -0.05) is 12.5 Å². The van der Waals surface area contributed by atoms with Crippen LogP contribution in [0.2, 0.25) is 0 Å². The predicted octanol–water partition coefficient (Wildman–Crippen LogP) is 1.84. The molecule has 0 spiro atoms. The van der Waals surface area contributed by atoms with Crippen molar-refractivity contribution in [2.24, 2.45) is 0 Å². The first-order valence-electron chi connectivity index (χ1n) is 9.60. The van der Waals surface area contributed by atoms with Crippen LogP contribution in [0.5, 0.6) is 5.75 Å². The average Bonchev–Trinajstić information content (AvgIpc) is 2.64. The van der Waals surface area contributed by atoms with Crippen molar-refractivity contribution in [3.63, 3.8) is 0 Å². The van der Waals surface area contributed by atoms with Gasteiger partial charge in [-0.3, -0.25) is 9.10 Å². The number of amides is 1. The number of piperidine rings is 1. The quantitative estimate of drug-likeness (QED) is 0.610. The third-order valence-corrected chi connectivity index (χ3v) is 5.67. The molecular weight excluding hydrogens is 366 g/mol. The topological polar surface area (TPSA) is 79.0 Å². The van der Waals surface area contributed by atoms with Crippen molar-refractivity contribution in [3.05, 3.63) is 24.3 Å². The zero-order chi connectivity index (χ0) is 19.7. The van der Waals surface area contributed by atoms with E-state index in [0.29, 0.717) is 24.6 Å². The summed E-state index contributed by atoms with van der Waals surface area (Å²) in [6, 6.07) is 6.77. The van der Waals surface area contributed by atoms with Crippen molar-refractivity contribution < 1.29 is 17.9 Å². The lowest BCUT2D eigenvalue weighted by atomic mass is 10.1. The van der Waals surface area contributed by atoms with Crippen LogP contribution in [-0.2, 0) is 14.8 Å². The van der Waals surface area contributed by atoms with Crippen molar-refractivity contribution in [2.45, 2.75) is 32.6 Å². The maximum Gasteiger partial charge on any atom is 0.240 e. The highest BCUT2D eigenvalue weighted by molar-refractivity contribution is 7.92. The molecule has 1 aliphatic heterocycles. The van der Waals surface area contributed by atoms with Gasteiger partial charge in [0, 0.05) is 12.6 Å². The van der Waals surface area contributed by atoms with Gasteiger partial charge < -0.3 is 15.0 Å². The van der Waals surface area contributed by atoms with Gasteiger partial charge in [-0.2, -0.15) is 0 Å². The van der Waals surface area contributed by atoms with Gasteiger partial charge in [0.1, 0.15) is 12.3 Å². The summed E-state index contributed by atoms with van der Waals surface area (Å²) in [5.74, 6) is 0.270. The van der Waals surface area contributed by atoms with Crippen molar-refractivity contribution >= 4 is 21.6 Å². The number of carbonyl (C=O) groups excluding carboxylic acids is 1.